The van der Waals surface area contributed by atoms with Crippen molar-refractivity contribution in [2.45, 2.75) is 39.5 Å². The normalized spacial score (nSPS) is 17.2. The molecule has 1 rings (SSSR count). The van der Waals surface area contributed by atoms with Crippen molar-refractivity contribution in [3.05, 3.63) is 0 Å². The number of ether oxygens (including phenoxy) is 2. The zero-order valence-corrected chi connectivity index (χ0v) is 11.1. The molecule has 0 heterocycles. The van der Waals surface area contributed by atoms with Crippen LogP contribution >= 0.6 is 0 Å². The average molecular weight is 242 g/mol. The van der Waals surface area contributed by atoms with Gasteiger partial charge in [-0.2, -0.15) is 0 Å². The summed E-state index contributed by atoms with van der Waals surface area (Å²) in [6.07, 6.45) is 3.91. The summed E-state index contributed by atoms with van der Waals surface area (Å²) in [4.78, 5) is 24.3. The number of carbonyl (C=O) groups excluding carboxylic acids is 2. The molecule has 4 nitrogen and oxygen atoms in total. The first-order chi connectivity index (χ1) is 8.01. The Kier molecular flexibility index (Phi) is 4.54. The Labute approximate surface area is 103 Å². The van der Waals surface area contributed by atoms with Gasteiger partial charge in [-0.05, 0) is 24.7 Å². The summed E-state index contributed by atoms with van der Waals surface area (Å²) >= 11 is 0. The first-order valence-corrected chi connectivity index (χ1v) is 6.18. The Hall–Kier alpha value is -1.06. The maximum Gasteiger partial charge on any atom is 0.323 e. The fraction of sp³-hybridized carbons (Fsp3) is 0.846. The van der Waals surface area contributed by atoms with Crippen LogP contribution in [-0.2, 0) is 19.1 Å². The largest absolute Gasteiger partial charge is 0.468 e. The summed E-state index contributed by atoms with van der Waals surface area (Å²) in [7, 11) is 2.66. The number of methoxy groups -OCH3 is 2. The van der Waals surface area contributed by atoms with Gasteiger partial charge in [0, 0.05) is 0 Å². The van der Waals surface area contributed by atoms with Crippen LogP contribution in [0.3, 0.4) is 0 Å². The van der Waals surface area contributed by atoms with Crippen molar-refractivity contribution in [1.29, 1.82) is 0 Å². The maximum absolute atomic E-state index is 12.1. The second-order valence-electron chi connectivity index (χ2n) is 4.99. The Morgan fingerprint density at radius 2 is 1.47 bits per heavy atom. The van der Waals surface area contributed by atoms with Gasteiger partial charge in [0.15, 0.2) is 5.41 Å². The molecular formula is C13H22O4. The van der Waals surface area contributed by atoms with Crippen molar-refractivity contribution in [1.82, 2.24) is 0 Å². The van der Waals surface area contributed by atoms with Crippen LogP contribution in [0.15, 0.2) is 0 Å². The lowest BCUT2D eigenvalue weighted by molar-refractivity contribution is -0.178. The summed E-state index contributed by atoms with van der Waals surface area (Å²) < 4.78 is 9.75. The molecule has 1 aliphatic rings. The first-order valence-electron chi connectivity index (χ1n) is 6.18. The molecule has 0 N–H and O–H groups in total. The van der Waals surface area contributed by atoms with Crippen molar-refractivity contribution >= 4 is 11.9 Å². The highest BCUT2D eigenvalue weighted by molar-refractivity contribution is 6.00. The van der Waals surface area contributed by atoms with E-state index in [2.05, 4.69) is 0 Å². The molecule has 17 heavy (non-hydrogen) atoms. The van der Waals surface area contributed by atoms with E-state index in [1.807, 2.05) is 13.8 Å². The van der Waals surface area contributed by atoms with Gasteiger partial charge < -0.3 is 9.47 Å². The van der Waals surface area contributed by atoms with Crippen LogP contribution in [0.2, 0.25) is 0 Å². The molecule has 0 amide bonds. The smallest absolute Gasteiger partial charge is 0.323 e. The summed E-state index contributed by atoms with van der Waals surface area (Å²) in [5.41, 5.74) is -1.13. The summed E-state index contributed by atoms with van der Waals surface area (Å²) in [5, 5.41) is 0. The van der Waals surface area contributed by atoms with E-state index in [0.717, 1.165) is 25.7 Å². The van der Waals surface area contributed by atoms with Gasteiger partial charge in [0.25, 0.3) is 0 Å². The Bertz CT molecular complexity index is 274. The van der Waals surface area contributed by atoms with Gasteiger partial charge in [-0.15, -0.1) is 0 Å². The first kappa shape index (κ1) is 14.0. The second-order valence-corrected chi connectivity index (χ2v) is 4.99. The molecule has 1 aliphatic carbocycles. The van der Waals surface area contributed by atoms with Crippen LogP contribution in [0, 0.1) is 17.3 Å². The lowest BCUT2D eigenvalue weighted by atomic mass is 9.66. The molecule has 1 fully saturated rings. The molecule has 0 radical (unpaired) electrons. The Morgan fingerprint density at radius 3 is 1.76 bits per heavy atom. The zero-order chi connectivity index (χ0) is 13.1. The number of esters is 2. The SMILES string of the molecule is COC(=O)C(C(=O)OC)(C(C)C)C1CCCC1. The van der Waals surface area contributed by atoms with Gasteiger partial charge in [0.05, 0.1) is 14.2 Å². The summed E-state index contributed by atoms with van der Waals surface area (Å²) in [6.45, 7) is 3.76. The van der Waals surface area contributed by atoms with E-state index in [1.165, 1.54) is 14.2 Å². The van der Waals surface area contributed by atoms with Gasteiger partial charge >= 0.3 is 11.9 Å². The maximum atomic E-state index is 12.1. The summed E-state index contributed by atoms with van der Waals surface area (Å²) in [5.74, 6) is -0.981. The minimum Gasteiger partial charge on any atom is -0.468 e. The molecular weight excluding hydrogens is 220 g/mol. The Balaban J connectivity index is 3.19. The van der Waals surface area contributed by atoms with E-state index in [-0.39, 0.29) is 11.8 Å². The molecule has 4 heteroatoms. The van der Waals surface area contributed by atoms with Crippen LogP contribution < -0.4 is 0 Å². The number of rotatable bonds is 4. The molecule has 0 bridgehead atoms. The molecule has 0 saturated heterocycles. The predicted molar refractivity (Wildman–Crippen MR) is 63.3 cm³/mol. The molecule has 98 valence electrons. The van der Waals surface area contributed by atoms with Crippen LogP contribution in [0.4, 0.5) is 0 Å². The zero-order valence-electron chi connectivity index (χ0n) is 11.1. The van der Waals surface area contributed by atoms with E-state index in [4.69, 9.17) is 9.47 Å². The van der Waals surface area contributed by atoms with Crippen LogP contribution in [-0.4, -0.2) is 26.2 Å². The van der Waals surface area contributed by atoms with Gasteiger partial charge in [0.1, 0.15) is 0 Å². The molecule has 0 aromatic carbocycles. The lowest BCUT2D eigenvalue weighted by Crippen LogP contribution is -2.50. The molecule has 0 spiro atoms. The van der Waals surface area contributed by atoms with E-state index >= 15 is 0 Å². The highest BCUT2D eigenvalue weighted by atomic mass is 16.5. The molecule has 0 aromatic rings. The van der Waals surface area contributed by atoms with Crippen molar-refractivity contribution in [2.75, 3.05) is 14.2 Å². The number of hydrogen-bond acceptors (Lipinski definition) is 4. The van der Waals surface area contributed by atoms with Crippen molar-refractivity contribution in [3.63, 3.8) is 0 Å². The van der Waals surface area contributed by atoms with Gasteiger partial charge in [-0.3, -0.25) is 9.59 Å². The van der Waals surface area contributed by atoms with Crippen LogP contribution in [0.5, 0.6) is 0 Å². The lowest BCUT2D eigenvalue weighted by Gasteiger charge is -2.36. The van der Waals surface area contributed by atoms with Crippen LogP contribution in [0.25, 0.3) is 0 Å². The molecule has 0 atom stereocenters. The Morgan fingerprint density at radius 1 is 1.06 bits per heavy atom. The third-order valence-corrected chi connectivity index (χ3v) is 3.96. The van der Waals surface area contributed by atoms with Gasteiger partial charge in [0.2, 0.25) is 0 Å². The quantitative estimate of drug-likeness (QED) is 0.560. The second kappa shape index (κ2) is 5.52. The van der Waals surface area contributed by atoms with E-state index in [9.17, 15) is 9.59 Å². The predicted octanol–water partition coefficient (Wildman–Crippen LogP) is 2.17. The standard InChI is InChI=1S/C13H22O4/c1-9(2)13(11(14)16-3,12(15)17-4)10-7-5-6-8-10/h9-10H,5-8H2,1-4H3. The number of carbonyl (C=O) groups is 2. The third kappa shape index (κ3) is 2.17. The molecule has 1 saturated carbocycles. The van der Waals surface area contributed by atoms with Gasteiger partial charge in [-0.25, -0.2) is 0 Å². The van der Waals surface area contributed by atoms with Crippen molar-refractivity contribution in [2.24, 2.45) is 17.3 Å². The minimum atomic E-state index is -1.13. The van der Waals surface area contributed by atoms with E-state index in [0.29, 0.717) is 0 Å². The van der Waals surface area contributed by atoms with Crippen LogP contribution in [0.1, 0.15) is 39.5 Å². The van der Waals surface area contributed by atoms with Crippen molar-refractivity contribution in [3.8, 4) is 0 Å². The monoisotopic (exact) mass is 242 g/mol. The minimum absolute atomic E-state index is 0.0439. The highest BCUT2D eigenvalue weighted by Crippen LogP contribution is 2.46. The molecule has 0 aliphatic heterocycles. The highest BCUT2D eigenvalue weighted by Gasteiger charge is 2.56. The van der Waals surface area contributed by atoms with Crippen molar-refractivity contribution < 1.29 is 19.1 Å². The van der Waals surface area contributed by atoms with Gasteiger partial charge in [-0.1, -0.05) is 26.7 Å². The summed E-state index contributed by atoms with van der Waals surface area (Å²) in [6, 6.07) is 0. The fourth-order valence-electron chi connectivity index (χ4n) is 3.08. The molecule has 0 unspecified atom stereocenters. The third-order valence-electron chi connectivity index (χ3n) is 3.96. The fourth-order valence-corrected chi connectivity index (χ4v) is 3.08. The topological polar surface area (TPSA) is 52.6 Å². The van der Waals surface area contributed by atoms with E-state index in [1.54, 1.807) is 0 Å². The molecule has 0 aromatic heterocycles. The van der Waals surface area contributed by atoms with E-state index < -0.39 is 17.4 Å². The average Bonchev–Trinajstić information content (AvgIpc) is 2.82. The number of hydrogen-bond donors (Lipinski definition) is 0.